The van der Waals surface area contributed by atoms with E-state index in [0.29, 0.717) is 24.0 Å². The first-order valence-electron chi connectivity index (χ1n) is 8.43. The quantitative estimate of drug-likeness (QED) is 0.899. The zero-order chi connectivity index (χ0) is 15.4. The van der Waals surface area contributed by atoms with E-state index in [1.165, 1.54) is 12.0 Å². The van der Waals surface area contributed by atoms with E-state index < -0.39 is 0 Å². The molecule has 2 heterocycles. The minimum atomic E-state index is 0.430. The fourth-order valence-electron chi connectivity index (χ4n) is 3.36. The molecule has 0 radical (unpaired) electrons. The van der Waals surface area contributed by atoms with E-state index in [0.717, 1.165) is 19.0 Å². The lowest BCUT2D eigenvalue weighted by atomic mass is 9.90. The average Bonchev–Trinajstić information content (AvgIpc) is 2.53. The number of hydrogen-bond donors (Lipinski definition) is 1. The molecule has 0 aliphatic carbocycles. The maximum atomic E-state index is 4.30. The van der Waals surface area contributed by atoms with Crippen molar-refractivity contribution in [1.82, 2.24) is 15.2 Å². The molecule has 0 bridgehead atoms. The first kappa shape index (κ1) is 16.4. The first-order chi connectivity index (χ1) is 10.0. The molecule has 0 amide bonds. The van der Waals surface area contributed by atoms with Gasteiger partial charge in [-0.3, -0.25) is 9.88 Å². The molecule has 4 unspecified atom stereocenters. The van der Waals surface area contributed by atoms with Gasteiger partial charge in [0.05, 0.1) is 0 Å². The van der Waals surface area contributed by atoms with Gasteiger partial charge in [-0.2, -0.15) is 0 Å². The van der Waals surface area contributed by atoms with E-state index in [2.05, 4.69) is 55.9 Å². The molecule has 0 aromatic carbocycles. The van der Waals surface area contributed by atoms with Crippen molar-refractivity contribution < 1.29 is 0 Å². The van der Waals surface area contributed by atoms with Crippen molar-refractivity contribution in [3.8, 4) is 0 Å². The van der Waals surface area contributed by atoms with Crippen molar-refractivity contribution in [2.45, 2.75) is 59.2 Å². The molecule has 0 saturated carbocycles. The Morgan fingerprint density at radius 2 is 2.10 bits per heavy atom. The number of aromatic nitrogens is 1. The highest BCUT2D eigenvalue weighted by Crippen LogP contribution is 2.28. The van der Waals surface area contributed by atoms with E-state index in [-0.39, 0.29) is 0 Å². The Balaban J connectivity index is 2.17. The Morgan fingerprint density at radius 1 is 1.33 bits per heavy atom. The van der Waals surface area contributed by atoms with Gasteiger partial charge in [0.2, 0.25) is 0 Å². The summed E-state index contributed by atoms with van der Waals surface area (Å²) in [6.07, 6.45) is 5.11. The average molecular weight is 289 g/mol. The first-order valence-corrected chi connectivity index (χ1v) is 8.43. The minimum Gasteiger partial charge on any atom is -0.311 e. The fourth-order valence-corrected chi connectivity index (χ4v) is 3.36. The van der Waals surface area contributed by atoms with Crippen LogP contribution < -0.4 is 5.32 Å². The SMILES string of the molecule is CCC(C)C1CN(C(C)c2cccnc2)C(C(C)C)CN1. The van der Waals surface area contributed by atoms with Crippen molar-refractivity contribution in [3.05, 3.63) is 30.1 Å². The van der Waals surface area contributed by atoms with E-state index in [9.17, 15) is 0 Å². The Morgan fingerprint density at radius 3 is 2.67 bits per heavy atom. The predicted molar refractivity (Wildman–Crippen MR) is 89.2 cm³/mol. The molecule has 118 valence electrons. The van der Waals surface area contributed by atoms with Crippen LogP contribution in [-0.4, -0.2) is 35.1 Å². The lowest BCUT2D eigenvalue weighted by Gasteiger charge is -2.47. The van der Waals surface area contributed by atoms with Crippen LogP contribution in [0.2, 0.25) is 0 Å². The smallest absolute Gasteiger partial charge is 0.0339 e. The van der Waals surface area contributed by atoms with Crippen molar-refractivity contribution in [2.24, 2.45) is 11.8 Å². The van der Waals surface area contributed by atoms with Crippen LogP contribution in [0.3, 0.4) is 0 Å². The summed E-state index contributed by atoms with van der Waals surface area (Å²) >= 11 is 0. The van der Waals surface area contributed by atoms with Crippen LogP contribution in [0.15, 0.2) is 24.5 Å². The number of hydrogen-bond acceptors (Lipinski definition) is 3. The molecule has 4 atom stereocenters. The monoisotopic (exact) mass is 289 g/mol. The van der Waals surface area contributed by atoms with Gasteiger partial charge in [-0.15, -0.1) is 0 Å². The molecule has 2 rings (SSSR count). The van der Waals surface area contributed by atoms with E-state index >= 15 is 0 Å². The molecule has 3 heteroatoms. The lowest BCUT2D eigenvalue weighted by molar-refractivity contribution is 0.0487. The van der Waals surface area contributed by atoms with Crippen molar-refractivity contribution in [3.63, 3.8) is 0 Å². The Labute approximate surface area is 130 Å². The summed E-state index contributed by atoms with van der Waals surface area (Å²) in [5.74, 6) is 1.39. The summed E-state index contributed by atoms with van der Waals surface area (Å²) in [6.45, 7) is 13.9. The molecule has 0 spiro atoms. The van der Waals surface area contributed by atoms with Crippen molar-refractivity contribution >= 4 is 0 Å². The van der Waals surface area contributed by atoms with Crippen LogP contribution in [0, 0.1) is 11.8 Å². The molecule has 1 N–H and O–H groups in total. The third kappa shape index (κ3) is 3.83. The molecular weight excluding hydrogens is 258 g/mol. The predicted octanol–water partition coefficient (Wildman–Crippen LogP) is 3.49. The highest BCUT2D eigenvalue weighted by atomic mass is 15.3. The van der Waals surface area contributed by atoms with Crippen LogP contribution in [0.1, 0.15) is 52.6 Å². The molecule has 1 aromatic heterocycles. The van der Waals surface area contributed by atoms with Gasteiger partial charge >= 0.3 is 0 Å². The molecule has 3 nitrogen and oxygen atoms in total. The molecule has 1 aromatic rings. The zero-order valence-corrected chi connectivity index (χ0v) is 14.2. The second kappa shape index (κ2) is 7.37. The Bertz CT molecular complexity index is 418. The zero-order valence-electron chi connectivity index (χ0n) is 14.2. The van der Waals surface area contributed by atoms with Gasteiger partial charge in [0, 0.05) is 43.6 Å². The van der Waals surface area contributed by atoms with Crippen LogP contribution in [0.25, 0.3) is 0 Å². The molecular formula is C18H31N3. The third-order valence-electron chi connectivity index (χ3n) is 5.19. The van der Waals surface area contributed by atoms with Gasteiger partial charge in [-0.05, 0) is 30.4 Å². The van der Waals surface area contributed by atoms with Gasteiger partial charge in [0.25, 0.3) is 0 Å². The van der Waals surface area contributed by atoms with Crippen LogP contribution in [0.4, 0.5) is 0 Å². The highest BCUT2D eigenvalue weighted by Gasteiger charge is 2.34. The topological polar surface area (TPSA) is 28.2 Å². The number of rotatable bonds is 5. The largest absolute Gasteiger partial charge is 0.311 e. The molecule has 1 aliphatic rings. The molecule has 1 saturated heterocycles. The summed E-state index contributed by atoms with van der Waals surface area (Å²) in [5.41, 5.74) is 1.33. The van der Waals surface area contributed by atoms with E-state index in [1.807, 2.05) is 18.5 Å². The summed E-state index contributed by atoms with van der Waals surface area (Å²) in [4.78, 5) is 6.99. The Hall–Kier alpha value is -0.930. The van der Waals surface area contributed by atoms with Gasteiger partial charge in [-0.1, -0.05) is 40.2 Å². The third-order valence-corrected chi connectivity index (χ3v) is 5.19. The van der Waals surface area contributed by atoms with E-state index in [4.69, 9.17) is 0 Å². The Kier molecular flexibility index (Phi) is 5.77. The summed E-state index contributed by atoms with van der Waals surface area (Å²) in [6, 6.07) is 5.88. The fraction of sp³-hybridized carbons (Fsp3) is 0.722. The standard InChI is InChI=1S/C18H31N3/c1-6-14(4)17-12-21(18(11-20-17)13(2)3)15(5)16-8-7-9-19-10-16/h7-10,13-15,17-18,20H,6,11-12H2,1-5H3. The van der Waals surface area contributed by atoms with Crippen molar-refractivity contribution in [2.75, 3.05) is 13.1 Å². The van der Waals surface area contributed by atoms with Gasteiger partial charge < -0.3 is 5.32 Å². The summed E-state index contributed by atoms with van der Waals surface area (Å²) in [7, 11) is 0. The molecule has 1 aliphatic heterocycles. The van der Waals surface area contributed by atoms with Crippen LogP contribution in [0.5, 0.6) is 0 Å². The number of nitrogens with one attached hydrogen (secondary N) is 1. The second-order valence-corrected chi connectivity index (χ2v) is 6.87. The molecule has 1 fully saturated rings. The highest BCUT2D eigenvalue weighted by molar-refractivity contribution is 5.14. The maximum Gasteiger partial charge on any atom is 0.0339 e. The maximum absolute atomic E-state index is 4.30. The number of pyridine rings is 1. The van der Waals surface area contributed by atoms with Gasteiger partial charge in [0.15, 0.2) is 0 Å². The molecule has 21 heavy (non-hydrogen) atoms. The normalized spacial score (nSPS) is 26.8. The minimum absolute atomic E-state index is 0.430. The van der Waals surface area contributed by atoms with E-state index in [1.54, 1.807) is 0 Å². The lowest BCUT2D eigenvalue weighted by Crippen LogP contribution is -2.60. The summed E-state index contributed by atoms with van der Waals surface area (Å²) < 4.78 is 0. The summed E-state index contributed by atoms with van der Waals surface area (Å²) in [5, 5.41) is 3.78. The van der Waals surface area contributed by atoms with Crippen LogP contribution in [-0.2, 0) is 0 Å². The van der Waals surface area contributed by atoms with Gasteiger partial charge in [-0.25, -0.2) is 0 Å². The van der Waals surface area contributed by atoms with Gasteiger partial charge in [0.1, 0.15) is 0 Å². The second-order valence-electron chi connectivity index (χ2n) is 6.87. The number of piperazine rings is 1. The number of nitrogens with zero attached hydrogens (tertiary/aromatic N) is 2. The van der Waals surface area contributed by atoms with Crippen LogP contribution >= 0.6 is 0 Å². The van der Waals surface area contributed by atoms with Crippen molar-refractivity contribution in [1.29, 1.82) is 0 Å².